The number of unbranched alkanes of at least 4 members (excludes halogenated alkanes) is 39. The molecule has 372 valence electrons. The zero-order valence-electron chi connectivity index (χ0n) is 42.3. The number of aliphatic hydroxyl groups excluding tert-OH is 2. The van der Waals surface area contributed by atoms with Gasteiger partial charge in [0.2, 0.25) is 5.91 Å². The van der Waals surface area contributed by atoms with Gasteiger partial charge in [0.15, 0.2) is 0 Å². The van der Waals surface area contributed by atoms with E-state index >= 15 is 0 Å². The van der Waals surface area contributed by atoms with Crippen molar-refractivity contribution in [1.82, 2.24) is 5.32 Å². The number of nitrogens with one attached hydrogen (secondary N) is 1. The maximum absolute atomic E-state index is 12.5. The number of amides is 1. The molecule has 0 aliphatic carbocycles. The summed E-state index contributed by atoms with van der Waals surface area (Å²) in [4.78, 5) is 24.5. The van der Waals surface area contributed by atoms with E-state index in [0.29, 0.717) is 19.4 Å². The normalized spacial score (nSPS) is 12.8. The molecule has 63 heavy (non-hydrogen) atoms. The summed E-state index contributed by atoms with van der Waals surface area (Å²) in [5, 5.41) is 23.1. The highest BCUT2D eigenvalue weighted by Crippen LogP contribution is 2.16. The summed E-state index contributed by atoms with van der Waals surface area (Å²) in [6, 6.07) is -0.645. The Bertz CT molecular complexity index is 982. The van der Waals surface area contributed by atoms with Gasteiger partial charge in [0.1, 0.15) is 0 Å². The molecule has 0 aliphatic rings. The number of rotatable bonds is 52. The molecular formula is C57H109NO5. The maximum Gasteiger partial charge on any atom is 0.305 e. The van der Waals surface area contributed by atoms with E-state index in [1.807, 2.05) is 6.08 Å². The molecule has 6 nitrogen and oxygen atoms in total. The molecule has 6 heteroatoms. The average Bonchev–Trinajstić information content (AvgIpc) is 3.28. The molecule has 0 aromatic heterocycles. The minimum absolute atomic E-state index is 0.0234. The van der Waals surface area contributed by atoms with Crippen LogP contribution >= 0.6 is 0 Å². The topological polar surface area (TPSA) is 95.9 Å². The molecule has 3 N–H and O–H groups in total. The zero-order valence-corrected chi connectivity index (χ0v) is 42.3. The van der Waals surface area contributed by atoms with Gasteiger partial charge in [-0.25, -0.2) is 0 Å². The maximum atomic E-state index is 12.5. The van der Waals surface area contributed by atoms with Crippen LogP contribution in [0.3, 0.4) is 0 Å². The molecule has 2 atom stereocenters. The van der Waals surface area contributed by atoms with Gasteiger partial charge in [-0.1, -0.05) is 256 Å². The Morgan fingerprint density at radius 3 is 1.13 bits per heavy atom. The third-order valence-corrected chi connectivity index (χ3v) is 13.0. The van der Waals surface area contributed by atoms with Crippen molar-refractivity contribution in [2.24, 2.45) is 0 Å². The Morgan fingerprint density at radius 1 is 0.429 bits per heavy atom. The number of ether oxygens (including phenoxy) is 1. The highest BCUT2D eigenvalue weighted by atomic mass is 16.5. The molecule has 0 aromatic rings. The summed E-state index contributed by atoms with van der Waals surface area (Å²) in [7, 11) is 0. The van der Waals surface area contributed by atoms with E-state index in [1.54, 1.807) is 6.08 Å². The van der Waals surface area contributed by atoms with Gasteiger partial charge < -0.3 is 20.3 Å². The molecule has 0 bridgehead atoms. The number of aliphatic hydroxyl groups is 2. The van der Waals surface area contributed by atoms with Crippen LogP contribution in [-0.2, 0) is 14.3 Å². The fourth-order valence-electron chi connectivity index (χ4n) is 8.63. The van der Waals surface area contributed by atoms with E-state index in [1.165, 1.54) is 218 Å². The minimum Gasteiger partial charge on any atom is -0.466 e. The molecule has 0 fully saturated rings. The van der Waals surface area contributed by atoms with Gasteiger partial charge >= 0.3 is 5.97 Å². The highest BCUT2D eigenvalue weighted by molar-refractivity contribution is 5.76. The summed E-state index contributed by atoms with van der Waals surface area (Å²) < 4.78 is 5.47. The first-order chi connectivity index (χ1) is 31.0. The van der Waals surface area contributed by atoms with Crippen molar-refractivity contribution < 1.29 is 24.5 Å². The zero-order chi connectivity index (χ0) is 45.8. The number of carbonyl (C=O) groups is 2. The first-order valence-electron chi connectivity index (χ1n) is 28.1. The quantitative estimate of drug-likeness (QED) is 0.0321. The largest absolute Gasteiger partial charge is 0.466 e. The second kappa shape index (κ2) is 53.0. The Labute approximate surface area is 392 Å². The number of carbonyl (C=O) groups excluding carboxylic acids is 2. The van der Waals surface area contributed by atoms with Crippen LogP contribution in [0.5, 0.6) is 0 Å². The van der Waals surface area contributed by atoms with Crippen molar-refractivity contribution in [2.75, 3.05) is 13.2 Å². The second-order valence-corrected chi connectivity index (χ2v) is 19.3. The fourth-order valence-corrected chi connectivity index (χ4v) is 8.63. The smallest absolute Gasteiger partial charge is 0.305 e. The van der Waals surface area contributed by atoms with E-state index in [-0.39, 0.29) is 18.5 Å². The first-order valence-corrected chi connectivity index (χ1v) is 28.1. The van der Waals surface area contributed by atoms with Gasteiger partial charge in [-0.15, -0.1) is 0 Å². The number of hydrogen-bond acceptors (Lipinski definition) is 5. The minimum atomic E-state index is -0.859. The van der Waals surface area contributed by atoms with Crippen LogP contribution < -0.4 is 5.32 Å². The number of allylic oxidation sites excluding steroid dienone is 3. The van der Waals surface area contributed by atoms with Crippen molar-refractivity contribution in [1.29, 1.82) is 0 Å². The van der Waals surface area contributed by atoms with Crippen molar-refractivity contribution in [2.45, 2.75) is 315 Å². The average molecular weight is 889 g/mol. The van der Waals surface area contributed by atoms with Crippen LogP contribution in [0.1, 0.15) is 303 Å². The van der Waals surface area contributed by atoms with E-state index in [0.717, 1.165) is 57.8 Å². The number of hydrogen-bond donors (Lipinski definition) is 3. The van der Waals surface area contributed by atoms with Gasteiger partial charge in [-0.05, 0) is 57.8 Å². The Hall–Kier alpha value is -1.66. The molecule has 0 saturated heterocycles. The summed E-state index contributed by atoms with van der Waals surface area (Å²) in [5.74, 6) is -0.112. The summed E-state index contributed by atoms with van der Waals surface area (Å²) in [6.07, 6.45) is 63.3. The monoisotopic (exact) mass is 888 g/mol. The molecule has 0 aliphatic heterocycles. The van der Waals surface area contributed by atoms with E-state index in [4.69, 9.17) is 4.74 Å². The standard InChI is InChI=1S/C57H109NO5/c1-3-5-7-9-11-13-15-17-19-21-23-25-27-29-33-37-41-45-49-55(60)54(53-59)58-56(61)50-46-42-38-34-31-32-36-40-44-48-52-63-57(62)51-47-43-39-35-30-28-26-24-22-20-18-16-14-12-10-8-6-4-2/h20,22,45,49,54-55,59-60H,3-19,21,23-44,46-48,50-53H2,1-2H3,(H,58,61)/b22-20-,49-45+. The predicted molar refractivity (Wildman–Crippen MR) is 273 cm³/mol. The van der Waals surface area contributed by atoms with E-state index in [2.05, 4.69) is 31.3 Å². The Morgan fingerprint density at radius 2 is 0.746 bits per heavy atom. The third-order valence-electron chi connectivity index (χ3n) is 13.0. The van der Waals surface area contributed by atoms with Crippen LogP contribution in [0.15, 0.2) is 24.3 Å². The lowest BCUT2D eigenvalue weighted by atomic mass is 10.0. The van der Waals surface area contributed by atoms with Crippen LogP contribution in [0, 0.1) is 0 Å². The van der Waals surface area contributed by atoms with Crippen LogP contribution in [0.25, 0.3) is 0 Å². The Balaban J connectivity index is 3.50. The molecule has 2 unspecified atom stereocenters. The van der Waals surface area contributed by atoms with Gasteiger partial charge in [0.05, 0.1) is 25.4 Å². The van der Waals surface area contributed by atoms with Crippen molar-refractivity contribution in [3.63, 3.8) is 0 Å². The first kappa shape index (κ1) is 61.3. The molecule has 0 heterocycles. The van der Waals surface area contributed by atoms with Crippen LogP contribution in [0.2, 0.25) is 0 Å². The van der Waals surface area contributed by atoms with Crippen molar-refractivity contribution >= 4 is 11.9 Å². The van der Waals surface area contributed by atoms with Crippen LogP contribution in [0.4, 0.5) is 0 Å². The van der Waals surface area contributed by atoms with Gasteiger partial charge in [-0.2, -0.15) is 0 Å². The SMILES string of the molecule is CCCCCCCCC/C=C\CCCCCCCCCC(=O)OCCCCCCCCCCCCC(=O)NC(CO)C(O)/C=C/CCCCCCCCCCCCCCCCCC. The van der Waals surface area contributed by atoms with Crippen molar-refractivity contribution in [3.05, 3.63) is 24.3 Å². The molecular weight excluding hydrogens is 779 g/mol. The second-order valence-electron chi connectivity index (χ2n) is 19.3. The summed E-state index contributed by atoms with van der Waals surface area (Å²) in [5.41, 5.74) is 0. The van der Waals surface area contributed by atoms with Gasteiger partial charge in [-0.3, -0.25) is 9.59 Å². The molecule has 1 amide bonds. The lowest BCUT2D eigenvalue weighted by Crippen LogP contribution is -2.45. The van der Waals surface area contributed by atoms with Gasteiger partial charge in [0, 0.05) is 12.8 Å². The van der Waals surface area contributed by atoms with Crippen LogP contribution in [-0.4, -0.2) is 47.4 Å². The van der Waals surface area contributed by atoms with E-state index < -0.39 is 12.1 Å². The highest BCUT2D eigenvalue weighted by Gasteiger charge is 2.18. The summed E-state index contributed by atoms with van der Waals surface area (Å²) >= 11 is 0. The molecule has 0 rings (SSSR count). The van der Waals surface area contributed by atoms with Gasteiger partial charge in [0.25, 0.3) is 0 Å². The van der Waals surface area contributed by atoms with E-state index in [9.17, 15) is 19.8 Å². The predicted octanol–water partition coefficient (Wildman–Crippen LogP) is 17.1. The molecule has 0 saturated carbocycles. The van der Waals surface area contributed by atoms with Crippen molar-refractivity contribution in [3.8, 4) is 0 Å². The lowest BCUT2D eigenvalue weighted by Gasteiger charge is -2.20. The molecule has 0 radical (unpaired) electrons. The fraction of sp³-hybridized carbons (Fsp3) is 0.895. The third kappa shape index (κ3) is 49.6. The Kier molecular flexibility index (Phi) is 51.6. The lowest BCUT2D eigenvalue weighted by molar-refractivity contribution is -0.143. The summed E-state index contributed by atoms with van der Waals surface area (Å²) in [6.45, 7) is 4.86. The number of esters is 1. The molecule has 0 aromatic carbocycles. The molecule has 0 spiro atoms.